The molecule has 2 atom stereocenters. The van der Waals surface area contributed by atoms with E-state index in [-0.39, 0.29) is 18.4 Å². The second kappa shape index (κ2) is 4.29. The van der Waals surface area contributed by atoms with E-state index in [0.717, 1.165) is 18.6 Å². The predicted octanol–water partition coefficient (Wildman–Crippen LogP) is 1.84. The Morgan fingerprint density at radius 3 is 2.76 bits per heavy atom. The van der Waals surface area contributed by atoms with Gasteiger partial charge in [-0.15, -0.1) is 0 Å². The summed E-state index contributed by atoms with van der Waals surface area (Å²) in [5, 5.41) is 9.56. The summed E-state index contributed by atoms with van der Waals surface area (Å²) in [6.45, 7) is 0.110. The molecule has 0 bridgehead atoms. The van der Waals surface area contributed by atoms with Crippen LogP contribution in [0.1, 0.15) is 17.9 Å². The summed E-state index contributed by atoms with van der Waals surface area (Å²) >= 11 is 0. The largest absolute Gasteiger partial charge is 0.350 e. The molecule has 4 nitrogen and oxygen atoms in total. The van der Waals surface area contributed by atoms with E-state index in [1.54, 1.807) is 0 Å². The highest BCUT2D eigenvalue weighted by molar-refractivity contribution is 5.70. The molecule has 1 fully saturated rings. The molecule has 1 aromatic carbocycles. The van der Waals surface area contributed by atoms with Crippen LogP contribution in [-0.2, 0) is 0 Å². The van der Waals surface area contributed by atoms with E-state index >= 15 is 0 Å². The third-order valence-corrected chi connectivity index (χ3v) is 2.96. The van der Waals surface area contributed by atoms with Gasteiger partial charge < -0.3 is 5.73 Å². The molecule has 17 heavy (non-hydrogen) atoms. The monoisotopic (exact) mass is 242 g/mol. The number of carbonyl (C=O) groups is 1. The highest BCUT2D eigenvalue weighted by Crippen LogP contribution is 2.47. The number of hydrogen-bond donors (Lipinski definition) is 2. The standard InChI is InChI=1S/C11H12F2N2O2/c12-9-2-1-6(4-10(9)13)8-3-7(8)5-15(17)11(14)16/h1-2,4,7-8,17H,3,5H2,(H2,14,16). The van der Waals surface area contributed by atoms with Crippen LogP contribution in [0.3, 0.4) is 0 Å². The Morgan fingerprint density at radius 2 is 2.18 bits per heavy atom. The number of benzene rings is 1. The fraction of sp³-hybridized carbons (Fsp3) is 0.364. The van der Waals surface area contributed by atoms with E-state index in [2.05, 4.69) is 0 Å². The third kappa shape index (κ3) is 2.52. The van der Waals surface area contributed by atoms with Crippen molar-refractivity contribution in [3.8, 4) is 0 Å². The van der Waals surface area contributed by atoms with Crippen molar-refractivity contribution >= 4 is 6.03 Å². The van der Waals surface area contributed by atoms with Crippen molar-refractivity contribution in [3.63, 3.8) is 0 Å². The molecule has 6 heteroatoms. The van der Waals surface area contributed by atoms with Gasteiger partial charge in [-0.25, -0.2) is 18.6 Å². The normalized spacial score (nSPS) is 22.3. The van der Waals surface area contributed by atoms with E-state index in [9.17, 15) is 13.6 Å². The van der Waals surface area contributed by atoms with Gasteiger partial charge >= 0.3 is 6.03 Å². The van der Waals surface area contributed by atoms with Gasteiger partial charge in [0.05, 0.1) is 6.54 Å². The number of hydroxylamine groups is 2. The molecule has 0 radical (unpaired) electrons. The average molecular weight is 242 g/mol. The first-order valence-corrected chi connectivity index (χ1v) is 5.20. The first-order chi connectivity index (χ1) is 7.99. The Kier molecular flexibility index (Phi) is 2.97. The van der Waals surface area contributed by atoms with Crippen LogP contribution in [-0.4, -0.2) is 22.8 Å². The van der Waals surface area contributed by atoms with Crippen LogP contribution in [0.5, 0.6) is 0 Å². The minimum absolute atomic E-state index is 0.0392. The van der Waals surface area contributed by atoms with Gasteiger partial charge in [0.2, 0.25) is 0 Å². The lowest BCUT2D eigenvalue weighted by atomic mass is 10.1. The van der Waals surface area contributed by atoms with Crippen LogP contribution in [0.25, 0.3) is 0 Å². The van der Waals surface area contributed by atoms with E-state index in [1.165, 1.54) is 6.07 Å². The summed E-state index contributed by atoms with van der Waals surface area (Å²) in [5.74, 6) is -1.69. The van der Waals surface area contributed by atoms with Crippen LogP contribution in [0, 0.1) is 17.6 Å². The highest BCUT2D eigenvalue weighted by atomic mass is 19.2. The Balaban J connectivity index is 1.98. The number of primary amides is 1. The van der Waals surface area contributed by atoms with Crippen molar-refractivity contribution in [2.24, 2.45) is 11.7 Å². The van der Waals surface area contributed by atoms with Gasteiger partial charge in [-0.05, 0) is 36.0 Å². The van der Waals surface area contributed by atoms with Gasteiger partial charge in [-0.2, -0.15) is 0 Å². The van der Waals surface area contributed by atoms with E-state index < -0.39 is 17.7 Å². The molecule has 1 saturated carbocycles. The molecule has 92 valence electrons. The van der Waals surface area contributed by atoms with Crippen LogP contribution >= 0.6 is 0 Å². The van der Waals surface area contributed by atoms with Crippen molar-refractivity contribution < 1.29 is 18.8 Å². The quantitative estimate of drug-likeness (QED) is 0.627. The first kappa shape index (κ1) is 11.8. The van der Waals surface area contributed by atoms with Crippen LogP contribution < -0.4 is 5.73 Å². The number of urea groups is 1. The molecule has 3 N–H and O–H groups in total. The SMILES string of the molecule is NC(=O)N(O)CC1CC1c1ccc(F)c(F)c1. The third-order valence-electron chi connectivity index (χ3n) is 2.96. The molecule has 1 aliphatic carbocycles. The van der Waals surface area contributed by atoms with Gasteiger partial charge in [0.15, 0.2) is 11.6 Å². The molecule has 1 aromatic rings. The molecule has 2 unspecified atom stereocenters. The highest BCUT2D eigenvalue weighted by Gasteiger charge is 2.40. The maximum absolute atomic E-state index is 13.0. The molecular formula is C11H12F2N2O2. The zero-order valence-corrected chi connectivity index (χ0v) is 8.94. The summed E-state index contributed by atoms with van der Waals surface area (Å²) in [4.78, 5) is 10.6. The molecule has 1 aliphatic rings. The maximum atomic E-state index is 13.0. The van der Waals surface area contributed by atoms with Gasteiger partial charge in [-0.1, -0.05) is 6.07 Å². The van der Waals surface area contributed by atoms with E-state index in [0.29, 0.717) is 10.6 Å². The Morgan fingerprint density at radius 1 is 1.47 bits per heavy atom. The average Bonchev–Trinajstić information content (AvgIpc) is 3.01. The van der Waals surface area contributed by atoms with Crippen LogP contribution in [0.15, 0.2) is 18.2 Å². The van der Waals surface area contributed by atoms with Gasteiger partial charge in [0.25, 0.3) is 0 Å². The molecule has 0 saturated heterocycles. The summed E-state index contributed by atoms with van der Waals surface area (Å²) in [6.07, 6.45) is 0.718. The molecule has 2 rings (SSSR count). The van der Waals surface area contributed by atoms with Crippen molar-refractivity contribution in [2.75, 3.05) is 6.54 Å². The number of rotatable bonds is 3. The van der Waals surface area contributed by atoms with Crippen molar-refractivity contribution in [2.45, 2.75) is 12.3 Å². The first-order valence-electron chi connectivity index (χ1n) is 5.20. The molecule has 0 spiro atoms. The summed E-state index contributed by atoms with van der Waals surface area (Å²) in [6, 6.07) is 2.81. The van der Waals surface area contributed by atoms with E-state index in [1.807, 2.05) is 0 Å². The second-order valence-electron chi connectivity index (χ2n) is 4.20. The smallest absolute Gasteiger partial charge is 0.338 e. The Bertz CT molecular complexity index is 453. The van der Waals surface area contributed by atoms with Gasteiger partial charge in [0, 0.05) is 0 Å². The number of hydrogen-bond acceptors (Lipinski definition) is 2. The summed E-state index contributed by atoms with van der Waals surface area (Å²) in [7, 11) is 0. The molecule has 2 amide bonds. The number of nitrogens with two attached hydrogens (primary N) is 1. The number of carbonyl (C=O) groups excluding carboxylic acids is 1. The van der Waals surface area contributed by atoms with Crippen molar-refractivity contribution in [1.82, 2.24) is 5.06 Å². The minimum Gasteiger partial charge on any atom is -0.350 e. The van der Waals surface area contributed by atoms with Crippen LogP contribution in [0.4, 0.5) is 13.6 Å². The Hall–Kier alpha value is -1.69. The Labute approximate surface area is 96.6 Å². The maximum Gasteiger partial charge on any atom is 0.338 e. The molecule has 0 aliphatic heterocycles. The molecule has 0 heterocycles. The van der Waals surface area contributed by atoms with Crippen LogP contribution in [0.2, 0.25) is 0 Å². The summed E-state index contributed by atoms with van der Waals surface area (Å²) in [5.41, 5.74) is 5.54. The minimum atomic E-state index is -0.916. The lowest BCUT2D eigenvalue weighted by Crippen LogP contribution is -2.34. The number of amides is 2. The lowest BCUT2D eigenvalue weighted by Gasteiger charge is -2.11. The molecular weight excluding hydrogens is 230 g/mol. The van der Waals surface area contributed by atoms with Gasteiger partial charge in [0.1, 0.15) is 0 Å². The zero-order valence-electron chi connectivity index (χ0n) is 8.94. The number of nitrogens with zero attached hydrogens (tertiary/aromatic N) is 1. The lowest BCUT2D eigenvalue weighted by molar-refractivity contribution is -0.0431. The zero-order chi connectivity index (χ0) is 12.6. The summed E-state index contributed by atoms with van der Waals surface area (Å²) < 4.78 is 25.7. The van der Waals surface area contributed by atoms with Crippen molar-refractivity contribution in [1.29, 1.82) is 0 Å². The van der Waals surface area contributed by atoms with Gasteiger partial charge in [-0.3, -0.25) is 5.21 Å². The number of halogens is 2. The topological polar surface area (TPSA) is 66.6 Å². The fourth-order valence-corrected chi connectivity index (χ4v) is 1.91. The van der Waals surface area contributed by atoms with E-state index in [4.69, 9.17) is 10.9 Å². The second-order valence-corrected chi connectivity index (χ2v) is 4.20. The predicted molar refractivity (Wildman–Crippen MR) is 55.3 cm³/mol. The molecule has 0 aromatic heterocycles. The fourth-order valence-electron chi connectivity index (χ4n) is 1.91. The van der Waals surface area contributed by atoms with Crippen molar-refractivity contribution in [3.05, 3.63) is 35.4 Å².